The molecule has 0 spiro atoms. The van der Waals surface area contributed by atoms with Gasteiger partial charge in [0.1, 0.15) is 6.61 Å². The van der Waals surface area contributed by atoms with E-state index in [2.05, 4.69) is 35.1 Å². The second-order valence-corrected chi connectivity index (χ2v) is 9.61. The first-order valence-electron chi connectivity index (χ1n) is 9.66. The molecule has 3 rings (SSSR count). The van der Waals surface area contributed by atoms with Crippen molar-refractivity contribution in [3.63, 3.8) is 0 Å². The van der Waals surface area contributed by atoms with E-state index in [4.69, 9.17) is 9.47 Å². The molecular weight excluding hydrogens is 370 g/mol. The largest absolute Gasteiger partial charge is 0.372 e. The number of rotatable bonds is 4. The van der Waals surface area contributed by atoms with Crippen LogP contribution in [0.2, 0.25) is 0 Å². The van der Waals surface area contributed by atoms with Gasteiger partial charge in [-0.15, -0.1) is 0 Å². The van der Waals surface area contributed by atoms with Gasteiger partial charge in [0.15, 0.2) is 0 Å². The lowest BCUT2D eigenvalue weighted by molar-refractivity contribution is -0.168. The zero-order valence-electron chi connectivity index (χ0n) is 15.1. The lowest BCUT2D eigenvalue weighted by atomic mass is 9.77. The zero-order chi connectivity index (χ0) is 17.2. The van der Waals surface area contributed by atoms with E-state index in [9.17, 15) is 4.79 Å². The Morgan fingerprint density at radius 1 is 1.21 bits per heavy atom. The van der Waals surface area contributed by atoms with Crippen LogP contribution in [0.25, 0.3) is 0 Å². The molecule has 24 heavy (non-hydrogen) atoms. The molecule has 3 fully saturated rings. The van der Waals surface area contributed by atoms with Crippen molar-refractivity contribution in [2.45, 2.75) is 100 Å². The van der Waals surface area contributed by atoms with Crippen LogP contribution in [0.1, 0.15) is 71.6 Å². The van der Waals surface area contributed by atoms with Gasteiger partial charge in [-0.05, 0) is 58.3 Å². The quantitative estimate of drug-likeness (QED) is 0.725. The van der Waals surface area contributed by atoms with E-state index in [-0.39, 0.29) is 30.3 Å². The van der Waals surface area contributed by atoms with E-state index in [1.54, 1.807) is 0 Å². The van der Waals surface area contributed by atoms with E-state index < -0.39 is 0 Å². The molecule has 1 saturated heterocycles. The molecule has 1 amide bonds. The summed E-state index contributed by atoms with van der Waals surface area (Å²) in [4.78, 5) is 12.6. The van der Waals surface area contributed by atoms with Gasteiger partial charge in [0, 0.05) is 17.3 Å². The lowest BCUT2D eigenvalue weighted by Crippen LogP contribution is -2.47. The highest BCUT2D eigenvalue weighted by Gasteiger charge is 2.39. The lowest BCUT2D eigenvalue weighted by Gasteiger charge is -2.45. The number of ether oxygens (including phenoxy) is 2. The molecule has 0 bridgehead atoms. The fourth-order valence-corrected chi connectivity index (χ4v) is 5.19. The topological polar surface area (TPSA) is 47.6 Å². The highest BCUT2D eigenvalue weighted by atomic mass is 79.9. The van der Waals surface area contributed by atoms with Gasteiger partial charge in [0.05, 0.1) is 17.8 Å². The Kier molecular flexibility index (Phi) is 6.25. The monoisotopic (exact) mass is 401 g/mol. The summed E-state index contributed by atoms with van der Waals surface area (Å²) in [5, 5.41) is 3.14. The fourth-order valence-electron chi connectivity index (χ4n) is 4.47. The van der Waals surface area contributed by atoms with Crippen LogP contribution in [0.5, 0.6) is 0 Å². The first kappa shape index (κ1) is 18.7. The second kappa shape index (κ2) is 8.05. The molecule has 138 valence electrons. The van der Waals surface area contributed by atoms with Crippen molar-refractivity contribution >= 4 is 21.8 Å². The first-order valence-corrected chi connectivity index (χ1v) is 10.6. The highest BCUT2D eigenvalue weighted by molar-refractivity contribution is 9.09. The van der Waals surface area contributed by atoms with E-state index in [0.29, 0.717) is 16.8 Å². The minimum absolute atomic E-state index is 0.00764. The number of amides is 1. The van der Waals surface area contributed by atoms with Gasteiger partial charge in [-0.1, -0.05) is 28.8 Å². The summed E-state index contributed by atoms with van der Waals surface area (Å²) in [6, 6.07) is 0.257. The number of carbonyl (C=O) groups excluding carboxylic acids is 1. The summed E-state index contributed by atoms with van der Waals surface area (Å²) in [7, 11) is 0. The normalized spacial score (nSPS) is 39.0. The molecular formula is C19H32BrNO3. The smallest absolute Gasteiger partial charge is 0.246 e. The van der Waals surface area contributed by atoms with Crippen molar-refractivity contribution in [3.8, 4) is 0 Å². The molecule has 5 atom stereocenters. The van der Waals surface area contributed by atoms with Gasteiger partial charge in [-0.3, -0.25) is 4.79 Å². The summed E-state index contributed by atoms with van der Waals surface area (Å²) in [5.74, 6) is 0.710. The van der Waals surface area contributed by atoms with Gasteiger partial charge in [0.2, 0.25) is 5.91 Å². The molecule has 4 nitrogen and oxygen atoms in total. The average molecular weight is 402 g/mol. The molecule has 2 aliphatic carbocycles. The Morgan fingerprint density at radius 2 is 2.00 bits per heavy atom. The average Bonchev–Trinajstić information content (AvgIpc) is 2.54. The summed E-state index contributed by atoms with van der Waals surface area (Å²) in [5.41, 5.74) is -0.00764. The molecule has 0 aromatic carbocycles. The van der Waals surface area contributed by atoms with Crippen molar-refractivity contribution in [2.24, 2.45) is 5.92 Å². The van der Waals surface area contributed by atoms with Gasteiger partial charge in [-0.2, -0.15) is 0 Å². The van der Waals surface area contributed by atoms with Crippen LogP contribution in [0.4, 0.5) is 0 Å². The number of fused-ring (bicyclic) bond motifs is 1. The summed E-state index contributed by atoms with van der Waals surface area (Å²) < 4.78 is 12.2. The first-order chi connectivity index (χ1) is 11.4. The Morgan fingerprint density at radius 3 is 2.79 bits per heavy atom. The van der Waals surface area contributed by atoms with Gasteiger partial charge >= 0.3 is 0 Å². The van der Waals surface area contributed by atoms with Crippen LogP contribution in [0.15, 0.2) is 0 Å². The maximum atomic E-state index is 12.2. The Hall–Kier alpha value is -0.130. The molecule has 0 aromatic heterocycles. The molecule has 2 saturated carbocycles. The molecule has 1 aliphatic heterocycles. The van der Waals surface area contributed by atoms with E-state index in [0.717, 1.165) is 32.1 Å². The summed E-state index contributed by atoms with van der Waals surface area (Å²) in [6.45, 7) is 4.55. The molecule has 0 radical (unpaired) electrons. The van der Waals surface area contributed by atoms with E-state index in [1.807, 2.05) is 0 Å². The number of carbonyl (C=O) groups is 1. The molecule has 5 unspecified atom stereocenters. The minimum atomic E-state index is -0.00764. The van der Waals surface area contributed by atoms with Crippen LogP contribution >= 0.6 is 15.9 Å². The van der Waals surface area contributed by atoms with Crippen molar-refractivity contribution in [3.05, 3.63) is 0 Å². The van der Waals surface area contributed by atoms with Gasteiger partial charge < -0.3 is 14.8 Å². The Labute approximate surface area is 154 Å². The standard InChI is InChI=1S/C19H32BrNO3/c1-19(2)10-9-13-7-8-14(11-17(13)24-19)23-12-18(22)21-16-6-4-3-5-15(16)20/h13-17H,3-12H2,1-2H3,(H,21,22). The number of alkyl halides is 1. The number of halogens is 1. The predicted molar refractivity (Wildman–Crippen MR) is 98.4 cm³/mol. The maximum Gasteiger partial charge on any atom is 0.246 e. The molecule has 5 heteroatoms. The molecule has 0 aromatic rings. The fraction of sp³-hybridized carbons (Fsp3) is 0.947. The van der Waals surface area contributed by atoms with E-state index >= 15 is 0 Å². The van der Waals surface area contributed by atoms with Crippen LogP contribution in [-0.4, -0.2) is 41.2 Å². The number of hydrogen-bond acceptors (Lipinski definition) is 3. The molecule has 1 N–H and O–H groups in total. The zero-order valence-corrected chi connectivity index (χ0v) is 16.6. The second-order valence-electron chi connectivity index (χ2n) is 8.44. The summed E-state index contributed by atoms with van der Waals surface area (Å²) >= 11 is 3.69. The number of nitrogens with one attached hydrogen (secondary N) is 1. The Bertz CT molecular complexity index is 442. The third-order valence-corrected chi connectivity index (χ3v) is 7.04. The predicted octanol–water partition coefficient (Wildman–Crippen LogP) is 3.95. The van der Waals surface area contributed by atoms with Crippen molar-refractivity contribution in [1.29, 1.82) is 0 Å². The Balaban J connectivity index is 1.41. The van der Waals surface area contributed by atoms with Crippen molar-refractivity contribution in [2.75, 3.05) is 6.61 Å². The van der Waals surface area contributed by atoms with Gasteiger partial charge in [-0.25, -0.2) is 0 Å². The highest BCUT2D eigenvalue weighted by Crippen LogP contribution is 2.40. The van der Waals surface area contributed by atoms with Crippen molar-refractivity contribution in [1.82, 2.24) is 5.32 Å². The van der Waals surface area contributed by atoms with Crippen molar-refractivity contribution < 1.29 is 14.3 Å². The van der Waals surface area contributed by atoms with Gasteiger partial charge in [0.25, 0.3) is 0 Å². The van der Waals surface area contributed by atoms with Crippen LogP contribution < -0.4 is 5.32 Å². The minimum Gasteiger partial charge on any atom is -0.372 e. The number of hydrogen-bond donors (Lipinski definition) is 1. The van der Waals surface area contributed by atoms with E-state index in [1.165, 1.54) is 25.7 Å². The summed E-state index contributed by atoms with van der Waals surface area (Å²) in [6.07, 6.45) is 10.7. The SMILES string of the molecule is CC1(C)CCC2CCC(OCC(=O)NC3CCCCC3Br)CC2O1. The molecule has 1 heterocycles. The third-order valence-electron chi connectivity index (χ3n) is 5.95. The van der Waals surface area contributed by atoms with Crippen LogP contribution in [0.3, 0.4) is 0 Å². The molecule has 3 aliphatic rings. The maximum absolute atomic E-state index is 12.2. The third kappa shape index (κ3) is 4.95. The van der Waals surface area contributed by atoms with Crippen LogP contribution in [-0.2, 0) is 14.3 Å². The van der Waals surface area contributed by atoms with Crippen LogP contribution in [0, 0.1) is 5.92 Å².